The predicted molar refractivity (Wildman–Crippen MR) is 516 cm³/mol. The van der Waals surface area contributed by atoms with Crippen LogP contribution in [0.2, 0.25) is 40.2 Å². The van der Waals surface area contributed by atoms with Crippen LogP contribution in [0.3, 0.4) is 0 Å². The highest BCUT2D eigenvalue weighted by molar-refractivity contribution is 6.33. The maximum Gasteiger partial charge on any atom is 0.408 e. The molecule has 29 heteroatoms. The molecule has 9 aliphatic rings. The number of urea groups is 1. The van der Waals surface area contributed by atoms with Crippen LogP contribution in [0, 0.1) is 57.3 Å². The molecular weight excluding hydrogens is 1830 g/mol. The van der Waals surface area contributed by atoms with Crippen LogP contribution in [-0.4, -0.2) is 136 Å². The molecule has 17 rings (SSSR count). The molecule has 5 saturated carbocycles. The summed E-state index contributed by atoms with van der Waals surface area (Å²) in [4.78, 5) is 103. The number of nitrogens with one attached hydrogen (secondary N) is 9. The van der Waals surface area contributed by atoms with E-state index in [1.807, 2.05) is 170 Å². The SMILES string of the molecule is CCNC(=O)N[C@@]12CC[C@@H](c3ccc(C)cc3Cl)[C@H](c3ccc(Cl)cc3)[C@@H]1CNC2=O.COCCOC(=O)N[C@@]12CC[C@@H](c3ccc(C)cc3Cl)[C@H](c3ccc(Cl)cc3)[C@@H]1CNC2=O.Cc1ccc([C@@H]2CC[C@@]3(NC(=O)OC4CCCC4)C(=O)NC[C@H]3[C@H]2c2ccc(Cl)cc2)c(Cl)c1.Cc1ccc([C@@H]2CC[C@@]3(NC(=O)OCC(C)C)C(=O)NC[C@H]3[C@H]2c2ccc(Cl)cc2)c(Cl)c1. The van der Waals surface area contributed by atoms with Gasteiger partial charge in [0.2, 0.25) is 23.6 Å². The molecule has 9 amide bonds. The fourth-order valence-electron chi connectivity index (χ4n) is 22.4. The average Bonchev–Trinajstić information content (AvgIpc) is 1.62. The molecule has 21 nitrogen and oxygen atoms in total. The molecule has 131 heavy (non-hydrogen) atoms. The first-order valence-electron chi connectivity index (χ1n) is 45.4. The Labute approximate surface area is 807 Å². The Morgan fingerprint density at radius 2 is 0.664 bits per heavy atom. The van der Waals surface area contributed by atoms with Gasteiger partial charge < -0.3 is 66.8 Å². The number of rotatable bonds is 19. The number of amides is 9. The fraction of sp³-hybridized carbons (Fsp3) is 0.451. The molecule has 0 spiro atoms. The first-order valence-corrected chi connectivity index (χ1v) is 48.4. The fourth-order valence-corrected chi connectivity index (χ4v) is 24.4. The molecule has 16 atom stereocenters. The van der Waals surface area contributed by atoms with Crippen LogP contribution in [0.4, 0.5) is 19.2 Å². The van der Waals surface area contributed by atoms with E-state index in [-0.39, 0.29) is 126 Å². The zero-order valence-electron chi connectivity index (χ0n) is 74.8. The second kappa shape index (κ2) is 42.7. The summed E-state index contributed by atoms with van der Waals surface area (Å²) >= 11 is 51.5. The van der Waals surface area contributed by atoms with E-state index in [1.165, 1.54) is 7.11 Å². The van der Waals surface area contributed by atoms with E-state index in [1.54, 1.807) is 0 Å². The third-order valence-electron chi connectivity index (χ3n) is 28.5. The quantitative estimate of drug-likeness (QED) is 0.0270. The number of aryl methyl sites for hydroxylation is 4. The van der Waals surface area contributed by atoms with E-state index < -0.39 is 40.4 Å². The van der Waals surface area contributed by atoms with E-state index in [0.29, 0.717) is 104 Å². The molecule has 8 aromatic rings. The molecule has 4 saturated heterocycles. The lowest BCUT2D eigenvalue weighted by molar-refractivity contribution is -0.127. The van der Waals surface area contributed by atoms with E-state index in [4.69, 9.17) is 112 Å². The summed E-state index contributed by atoms with van der Waals surface area (Å²) in [5.41, 5.74) is 8.97. The van der Waals surface area contributed by atoms with Crippen LogP contribution in [0.5, 0.6) is 0 Å². The Kier molecular flexibility index (Phi) is 31.9. The van der Waals surface area contributed by atoms with Crippen molar-refractivity contribution < 1.29 is 57.3 Å². The number of methoxy groups -OCH3 is 1. The van der Waals surface area contributed by atoms with Gasteiger partial charge in [-0.25, -0.2) is 19.2 Å². The number of fused-ring (bicyclic) bond motifs is 4. The molecule has 9 fully saturated rings. The lowest BCUT2D eigenvalue weighted by Gasteiger charge is -2.46. The summed E-state index contributed by atoms with van der Waals surface area (Å²) < 4.78 is 21.3. The van der Waals surface area contributed by atoms with Gasteiger partial charge in [-0.05, 0) is 304 Å². The van der Waals surface area contributed by atoms with Gasteiger partial charge in [0.15, 0.2) is 0 Å². The van der Waals surface area contributed by atoms with Crippen molar-refractivity contribution >= 4 is 141 Å². The average molecular weight is 1940 g/mol. The van der Waals surface area contributed by atoms with Crippen LogP contribution < -0.4 is 47.9 Å². The molecular formula is C102H115Cl8N9O12. The molecule has 4 aliphatic heterocycles. The maximum atomic E-state index is 13.3. The van der Waals surface area contributed by atoms with Crippen molar-refractivity contribution in [3.05, 3.63) is 277 Å². The first-order chi connectivity index (χ1) is 62.8. The number of halogens is 8. The second-order valence-corrected chi connectivity index (χ2v) is 40.3. The van der Waals surface area contributed by atoms with Crippen molar-refractivity contribution in [3.8, 4) is 0 Å². The topological polar surface area (TPSA) is 282 Å². The van der Waals surface area contributed by atoms with Crippen LogP contribution in [-0.2, 0) is 38.1 Å². The van der Waals surface area contributed by atoms with Gasteiger partial charge in [-0.3, -0.25) is 19.2 Å². The van der Waals surface area contributed by atoms with E-state index in [9.17, 15) is 38.4 Å². The van der Waals surface area contributed by atoms with E-state index in [0.717, 1.165) is 119 Å². The van der Waals surface area contributed by atoms with Crippen molar-refractivity contribution in [1.29, 1.82) is 0 Å². The minimum atomic E-state index is -1.05. The highest BCUT2D eigenvalue weighted by Gasteiger charge is 2.64. The standard InChI is InChI=1S/C27H30Cl2N2O3.C26H30Cl2N2O3.C25H28Cl2N2O4.C24H27Cl2N3O2/c1-16-6-11-20(23(29)14-16)21-12-13-27(31-26(33)34-19-4-2-3-5-19)22(15-30-25(27)32)24(21)17-7-9-18(28)10-8-17;1-15(2)14-33-25(32)30-26-11-10-20(19-9-4-16(3)12-22(19)28)23(21(26)13-29-24(26)31)17-5-7-18(27)8-6-17;1-15-3-8-18(21(27)13-15)19-9-10-25(29-24(31)33-12-11-32-2)20(14-28-23(25)30)22(19)16-4-6-17(26)7-5-16;1-3-27-23(31)29-24-11-10-18(17-9-4-14(2)12-20(17)26)21(19(24)13-28-22(24)30)15-5-7-16(25)8-6-15/h6-11,14,19,21-22,24H,2-5,12-13,15H2,1H3,(H,30,32)(H,31,33);4-9,12,15,20-21,23H,10-11,13-14H2,1-3H3,(H,29,31)(H,30,32);3-8,13,19-20,22H,9-12,14H2,1-2H3,(H,28,30)(H,29,31);4-9,12,18-19,21H,3,10-11,13H2,1-2H3,(H,28,30)(H2,27,29,31)/t21-,22-,24-,27-;20-,21-,23-,26-;19-,20-,22-,25-;18-,19-,21-,24-/m0000/s1. The Balaban J connectivity index is 0.000000141. The maximum absolute atomic E-state index is 13.3. The number of hydrogen-bond donors (Lipinski definition) is 9. The van der Waals surface area contributed by atoms with Crippen LogP contribution in [0.25, 0.3) is 0 Å². The lowest BCUT2D eigenvalue weighted by atomic mass is 9.60. The Hall–Kier alpha value is -9.00. The summed E-state index contributed by atoms with van der Waals surface area (Å²) in [6.07, 6.45) is 7.11. The van der Waals surface area contributed by atoms with Gasteiger partial charge in [-0.1, -0.05) is 204 Å². The first kappa shape index (κ1) is 98.0. The van der Waals surface area contributed by atoms with Gasteiger partial charge in [0.25, 0.3) is 0 Å². The summed E-state index contributed by atoms with van der Waals surface area (Å²) in [6.45, 7) is 17.0. The van der Waals surface area contributed by atoms with Gasteiger partial charge in [0.1, 0.15) is 34.9 Å². The van der Waals surface area contributed by atoms with E-state index >= 15 is 0 Å². The normalized spacial score (nSPS) is 27.3. The summed E-state index contributed by atoms with van der Waals surface area (Å²) in [7, 11) is 1.54. The smallest absolute Gasteiger partial charge is 0.408 e. The lowest BCUT2D eigenvalue weighted by Crippen LogP contribution is -2.62. The highest BCUT2D eigenvalue weighted by atomic mass is 35.5. The number of ether oxygens (including phenoxy) is 4. The van der Waals surface area contributed by atoms with Gasteiger partial charge in [-0.2, -0.15) is 0 Å². The Morgan fingerprint density at radius 1 is 0.382 bits per heavy atom. The zero-order chi connectivity index (χ0) is 93.4. The minimum absolute atomic E-state index is 0.00732. The van der Waals surface area contributed by atoms with Crippen LogP contribution in [0.15, 0.2) is 170 Å². The molecule has 9 N–H and O–H groups in total. The number of alkyl carbamates (subject to hydrolysis) is 3. The molecule has 0 bridgehead atoms. The van der Waals surface area contributed by atoms with Crippen molar-refractivity contribution in [3.63, 3.8) is 0 Å². The molecule has 4 heterocycles. The number of carbonyl (C=O) groups excluding carboxylic acids is 8. The molecule has 0 radical (unpaired) electrons. The molecule has 0 unspecified atom stereocenters. The van der Waals surface area contributed by atoms with Gasteiger partial charge >= 0.3 is 24.3 Å². The second-order valence-electron chi connectivity index (χ2n) is 36.9. The van der Waals surface area contributed by atoms with Crippen molar-refractivity contribution in [1.82, 2.24) is 47.9 Å². The van der Waals surface area contributed by atoms with Crippen LogP contribution in [0.1, 0.15) is 212 Å². The third kappa shape index (κ3) is 21.4. The minimum Gasteiger partial charge on any atom is -0.449 e. The van der Waals surface area contributed by atoms with Crippen LogP contribution >= 0.6 is 92.8 Å². The third-order valence-corrected chi connectivity index (χ3v) is 30.8. The van der Waals surface area contributed by atoms with Gasteiger partial charge in [-0.15, -0.1) is 0 Å². The van der Waals surface area contributed by atoms with Gasteiger partial charge in [0.05, 0.1) is 13.2 Å². The number of hydrogen-bond acceptors (Lipinski definition) is 12. The van der Waals surface area contributed by atoms with Gasteiger partial charge in [0, 0.05) is 104 Å². The highest BCUT2D eigenvalue weighted by Crippen LogP contribution is 2.60. The molecule has 5 aliphatic carbocycles. The predicted octanol–water partition coefficient (Wildman–Crippen LogP) is 21.5. The van der Waals surface area contributed by atoms with Crippen molar-refractivity contribution in [2.45, 2.75) is 201 Å². The van der Waals surface area contributed by atoms with E-state index in [2.05, 4.69) is 96.4 Å². The number of carbonyl (C=O) groups is 8. The van der Waals surface area contributed by atoms with Crippen molar-refractivity contribution in [2.75, 3.05) is 59.7 Å². The molecule has 0 aromatic heterocycles. The summed E-state index contributed by atoms with van der Waals surface area (Å²) in [5.74, 6) is -0.699. The Bertz CT molecular complexity index is 5480. The number of benzene rings is 8. The monoisotopic (exact) mass is 1940 g/mol. The largest absolute Gasteiger partial charge is 0.449 e. The van der Waals surface area contributed by atoms with Crippen molar-refractivity contribution in [2.24, 2.45) is 29.6 Å². The zero-order valence-corrected chi connectivity index (χ0v) is 80.9. The molecule has 8 aromatic carbocycles. The Morgan fingerprint density at radius 3 is 0.939 bits per heavy atom. The summed E-state index contributed by atoms with van der Waals surface area (Å²) in [6, 6.07) is 55.4. The summed E-state index contributed by atoms with van der Waals surface area (Å²) in [5, 5.41) is 32.4. The molecule has 696 valence electrons.